The largest absolute Gasteiger partial charge is 0.341 e. The lowest BCUT2D eigenvalue weighted by atomic mass is 9.92. The molecule has 2 aliphatic carbocycles. The summed E-state index contributed by atoms with van der Waals surface area (Å²) in [5, 5.41) is 3.35. The molecule has 0 aromatic heterocycles. The molecule has 3 atom stereocenters. The van der Waals surface area contributed by atoms with E-state index in [-0.39, 0.29) is 12.4 Å². The molecule has 96 valence electrons. The number of carbonyl (C=O) groups is 1. The van der Waals surface area contributed by atoms with E-state index in [2.05, 4.69) is 22.4 Å². The molecular formula is C13H21ClN2O. The minimum Gasteiger partial charge on any atom is -0.341 e. The quantitative estimate of drug-likeness (QED) is 0.720. The predicted molar refractivity (Wildman–Crippen MR) is 70.2 cm³/mol. The molecule has 0 unspecified atom stereocenters. The minimum atomic E-state index is 0. The molecule has 0 spiro atoms. The Labute approximate surface area is 109 Å². The fourth-order valence-electron chi connectivity index (χ4n) is 3.37. The maximum absolute atomic E-state index is 12.4. The third-order valence-corrected chi connectivity index (χ3v) is 4.25. The van der Waals surface area contributed by atoms with Gasteiger partial charge in [-0.25, -0.2) is 0 Å². The molecule has 2 fully saturated rings. The lowest BCUT2D eigenvalue weighted by molar-refractivity contribution is -0.136. The van der Waals surface area contributed by atoms with E-state index in [4.69, 9.17) is 0 Å². The van der Waals surface area contributed by atoms with Crippen LogP contribution in [-0.4, -0.2) is 37.0 Å². The number of amides is 1. The van der Waals surface area contributed by atoms with Gasteiger partial charge in [0.05, 0.1) is 0 Å². The van der Waals surface area contributed by atoms with E-state index < -0.39 is 0 Å². The molecule has 3 rings (SSSR count). The highest BCUT2D eigenvalue weighted by atomic mass is 35.5. The number of carbonyl (C=O) groups excluding carboxylic acids is 1. The number of hydrogen-bond acceptors (Lipinski definition) is 2. The molecule has 0 radical (unpaired) electrons. The van der Waals surface area contributed by atoms with Gasteiger partial charge in [-0.2, -0.15) is 0 Å². The molecule has 1 N–H and O–H groups in total. The van der Waals surface area contributed by atoms with E-state index in [0.29, 0.717) is 23.7 Å². The molecule has 17 heavy (non-hydrogen) atoms. The molecule has 1 heterocycles. The number of rotatable bonds is 1. The van der Waals surface area contributed by atoms with Crippen molar-refractivity contribution in [3.05, 3.63) is 12.2 Å². The van der Waals surface area contributed by atoms with E-state index in [1.807, 2.05) is 0 Å². The van der Waals surface area contributed by atoms with Crippen molar-refractivity contribution in [1.82, 2.24) is 10.2 Å². The van der Waals surface area contributed by atoms with Crippen LogP contribution in [0.2, 0.25) is 0 Å². The summed E-state index contributed by atoms with van der Waals surface area (Å²) in [5.74, 6) is 1.96. The van der Waals surface area contributed by atoms with Gasteiger partial charge in [0, 0.05) is 25.6 Å². The Kier molecular flexibility index (Phi) is 4.10. The van der Waals surface area contributed by atoms with E-state index in [0.717, 1.165) is 39.0 Å². The fourth-order valence-corrected chi connectivity index (χ4v) is 3.37. The van der Waals surface area contributed by atoms with Crippen molar-refractivity contribution >= 4 is 18.3 Å². The standard InChI is InChI=1S/C13H20N2O.ClH/c16-13(15-6-1-4-14-5-7-15)12-9-10-2-3-11(12)8-10;/h2-3,10-12,14H,1,4-9H2;1H/t10-,11+,12-;/m1./s1. The van der Waals surface area contributed by atoms with Crippen LogP contribution in [0.1, 0.15) is 19.3 Å². The van der Waals surface area contributed by atoms with Gasteiger partial charge in [-0.3, -0.25) is 4.79 Å². The van der Waals surface area contributed by atoms with E-state index in [1.54, 1.807) is 0 Å². The van der Waals surface area contributed by atoms with Crippen LogP contribution in [-0.2, 0) is 4.79 Å². The van der Waals surface area contributed by atoms with E-state index in [9.17, 15) is 4.79 Å². The van der Waals surface area contributed by atoms with Crippen LogP contribution in [0, 0.1) is 17.8 Å². The zero-order valence-electron chi connectivity index (χ0n) is 10.1. The second-order valence-electron chi connectivity index (χ2n) is 5.32. The average molecular weight is 257 g/mol. The van der Waals surface area contributed by atoms with Crippen LogP contribution < -0.4 is 5.32 Å². The number of nitrogens with zero attached hydrogens (tertiary/aromatic N) is 1. The predicted octanol–water partition coefficient (Wildman–Crippen LogP) is 1.44. The normalized spacial score (nSPS) is 35.5. The number of nitrogens with one attached hydrogen (secondary N) is 1. The molecule has 2 bridgehead atoms. The summed E-state index contributed by atoms with van der Waals surface area (Å²) in [6, 6.07) is 0. The van der Waals surface area contributed by atoms with Crippen LogP contribution in [0.25, 0.3) is 0 Å². The van der Waals surface area contributed by atoms with Gasteiger partial charge in [0.2, 0.25) is 5.91 Å². The number of allylic oxidation sites excluding steroid dienone is 2. The second-order valence-corrected chi connectivity index (χ2v) is 5.32. The van der Waals surface area contributed by atoms with Crippen LogP contribution in [0.5, 0.6) is 0 Å². The Hall–Kier alpha value is -0.540. The molecule has 0 aromatic rings. The van der Waals surface area contributed by atoms with Crippen LogP contribution in [0.15, 0.2) is 12.2 Å². The minimum absolute atomic E-state index is 0. The van der Waals surface area contributed by atoms with Crippen LogP contribution >= 0.6 is 12.4 Å². The van der Waals surface area contributed by atoms with Crippen LogP contribution in [0.4, 0.5) is 0 Å². The number of hydrogen-bond donors (Lipinski definition) is 1. The van der Waals surface area contributed by atoms with Gasteiger partial charge < -0.3 is 10.2 Å². The molecule has 4 heteroatoms. The summed E-state index contributed by atoms with van der Waals surface area (Å²) in [7, 11) is 0. The van der Waals surface area contributed by atoms with Gasteiger partial charge in [0.15, 0.2) is 0 Å². The first-order valence-corrected chi connectivity index (χ1v) is 6.52. The molecule has 3 aliphatic rings. The summed E-state index contributed by atoms with van der Waals surface area (Å²) in [6.45, 7) is 3.86. The summed E-state index contributed by atoms with van der Waals surface area (Å²) >= 11 is 0. The maximum Gasteiger partial charge on any atom is 0.226 e. The number of halogens is 1. The summed E-state index contributed by atoms with van der Waals surface area (Å²) in [6.07, 6.45) is 8.00. The Morgan fingerprint density at radius 1 is 1.18 bits per heavy atom. The highest BCUT2D eigenvalue weighted by Gasteiger charge is 2.41. The van der Waals surface area contributed by atoms with Gasteiger partial charge in [-0.15, -0.1) is 12.4 Å². The molecule has 1 aliphatic heterocycles. The van der Waals surface area contributed by atoms with E-state index in [1.165, 1.54) is 6.42 Å². The zero-order valence-corrected chi connectivity index (χ0v) is 10.9. The molecule has 1 saturated heterocycles. The maximum atomic E-state index is 12.4. The van der Waals surface area contributed by atoms with Crippen molar-refractivity contribution in [1.29, 1.82) is 0 Å². The monoisotopic (exact) mass is 256 g/mol. The van der Waals surface area contributed by atoms with Gasteiger partial charge in [-0.05, 0) is 37.6 Å². The Morgan fingerprint density at radius 2 is 2.06 bits per heavy atom. The molecule has 3 nitrogen and oxygen atoms in total. The van der Waals surface area contributed by atoms with Crippen molar-refractivity contribution in [3.63, 3.8) is 0 Å². The Morgan fingerprint density at radius 3 is 2.76 bits per heavy atom. The third-order valence-electron chi connectivity index (χ3n) is 4.25. The summed E-state index contributed by atoms with van der Waals surface area (Å²) in [4.78, 5) is 14.5. The fraction of sp³-hybridized carbons (Fsp3) is 0.769. The van der Waals surface area contributed by atoms with Gasteiger partial charge in [0.25, 0.3) is 0 Å². The lowest BCUT2D eigenvalue weighted by Gasteiger charge is -2.26. The SMILES string of the molecule is Cl.O=C([C@@H]1C[C@@H]2C=C[C@H]1C2)N1CCCNCC1. The first kappa shape index (κ1) is 12.9. The highest BCUT2D eigenvalue weighted by Crippen LogP contribution is 2.44. The van der Waals surface area contributed by atoms with Crippen molar-refractivity contribution < 1.29 is 4.79 Å². The topological polar surface area (TPSA) is 32.3 Å². The third kappa shape index (κ3) is 2.50. The average Bonchev–Trinajstić information content (AvgIpc) is 2.82. The van der Waals surface area contributed by atoms with Crippen molar-refractivity contribution in [3.8, 4) is 0 Å². The molecular weight excluding hydrogens is 236 g/mol. The summed E-state index contributed by atoms with van der Waals surface area (Å²) < 4.78 is 0. The molecule has 1 amide bonds. The zero-order chi connectivity index (χ0) is 11.0. The first-order chi connectivity index (χ1) is 7.84. The first-order valence-electron chi connectivity index (χ1n) is 6.52. The van der Waals surface area contributed by atoms with Crippen molar-refractivity contribution in [2.24, 2.45) is 17.8 Å². The Bertz CT molecular complexity index is 311. The summed E-state index contributed by atoms with van der Waals surface area (Å²) in [5.41, 5.74) is 0. The van der Waals surface area contributed by atoms with Gasteiger partial charge in [0.1, 0.15) is 0 Å². The Balaban J connectivity index is 0.00000108. The molecule has 1 saturated carbocycles. The second kappa shape index (κ2) is 5.40. The van der Waals surface area contributed by atoms with Gasteiger partial charge >= 0.3 is 0 Å². The van der Waals surface area contributed by atoms with Crippen LogP contribution in [0.3, 0.4) is 0 Å². The lowest BCUT2D eigenvalue weighted by Crippen LogP contribution is -2.39. The highest BCUT2D eigenvalue weighted by molar-refractivity contribution is 5.85. The molecule has 0 aromatic carbocycles. The van der Waals surface area contributed by atoms with Crippen molar-refractivity contribution in [2.45, 2.75) is 19.3 Å². The smallest absolute Gasteiger partial charge is 0.226 e. The van der Waals surface area contributed by atoms with Gasteiger partial charge in [-0.1, -0.05) is 12.2 Å². The van der Waals surface area contributed by atoms with Crippen molar-refractivity contribution in [2.75, 3.05) is 26.2 Å². The number of fused-ring (bicyclic) bond motifs is 2. The van der Waals surface area contributed by atoms with E-state index >= 15 is 0 Å².